The van der Waals surface area contributed by atoms with Crippen molar-refractivity contribution in [3.63, 3.8) is 0 Å². The average Bonchev–Trinajstić information content (AvgIpc) is 2.51. The van der Waals surface area contributed by atoms with Crippen LogP contribution in [0.2, 0.25) is 5.02 Å². The molecule has 2 aromatic rings. The molecule has 7 heteroatoms. The van der Waals surface area contributed by atoms with Crippen LogP contribution in [0.4, 0.5) is 14.9 Å². The van der Waals surface area contributed by atoms with Crippen molar-refractivity contribution >= 4 is 29.2 Å². The SMILES string of the molecule is CC(C)(C)N(NC(=O)Nc1cccc(F)c1)C(=O)c1ccccc1Cl. The summed E-state index contributed by atoms with van der Waals surface area (Å²) < 4.78 is 13.2. The van der Waals surface area contributed by atoms with Crippen LogP contribution in [0.5, 0.6) is 0 Å². The summed E-state index contributed by atoms with van der Waals surface area (Å²) in [4.78, 5) is 25.0. The van der Waals surface area contributed by atoms with Crippen LogP contribution in [0.15, 0.2) is 48.5 Å². The summed E-state index contributed by atoms with van der Waals surface area (Å²) in [5.74, 6) is -0.926. The zero-order valence-corrected chi connectivity index (χ0v) is 14.9. The zero-order chi connectivity index (χ0) is 18.6. The van der Waals surface area contributed by atoms with Gasteiger partial charge >= 0.3 is 6.03 Å². The van der Waals surface area contributed by atoms with E-state index in [4.69, 9.17) is 11.6 Å². The second-order valence-electron chi connectivity index (χ2n) is 6.37. The fourth-order valence-electron chi connectivity index (χ4n) is 2.11. The molecule has 0 spiro atoms. The summed E-state index contributed by atoms with van der Waals surface area (Å²) in [6, 6.07) is 11.4. The van der Waals surface area contributed by atoms with E-state index in [9.17, 15) is 14.0 Å². The van der Waals surface area contributed by atoms with Crippen LogP contribution in [0.3, 0.4) is 0 Å². The Kier molecular flexibility index (Phi) is 5.64. The van der Waals surface area contributed by atoms with Gasteiger partial charge < -0.3 is 5.32 Å². The van der Waals surface area contributed by atoms with E-state index in [1.165, 1.54) is 23.2 Å². The van der Waals surface area contributed by atoms with E-state index in [1.807, 2.05) is 0 Å². The predicted octanol–water partition coefficient (Wildman–Crippen LogP) is 4.46. The van der Waals surface area contributed by atoms with Gasteiger partial charge in [-0.3, -0.25) is 4.79 Å². The van der Waals surface area contributed by atoms with Crippen LogP contribution in [-0.4, -0.2) is 22.5 Å². The number of rotatable bonds is 2. The van der Waals surface area contributed by atoms with Crippen LogP contribution >= 0.6 is 11.6 Å². The van der Waals surface area contributed by atoms with Gasteiger partial charge in [-0.1, -0.05) is 29.8 Å². The standard InChI is InChI=1S/C18H19ClFN3O2/c1-18(2,3)23(16(24)14-9-4-5-10-15(14)19)22-17(25)21-13-8-6-7-12(20)11-13/h4-11H,1-3H3,(H2,21,22,25). The molecule has 0 atom stereocenters. The van der Waals surface area contributed by atoms with E-state index in [0.29, 0.717) is 0 Å². The largest absolute Gasteiger partial charge is 0.338 e. The van der Waals surface area contributed by atoms with Crippen LogP contribution in [0.1, 0.15) is 31.1 Å². The molecule has 0 aliphatic carbocycles. The molecule has 0 aromatic heterocycles. The van der Waals surface area contributed by atoms with E-state index in [-0.39, 0.29) is 16.3 Å². The lowest BCUT2D eigenvalue weighted by atomic mass is 10.1. The molecule has 5 nitrogen and oxygen atoms in total. The molecule has 3 amide bonds. The number of hydrogen-bond donors (Lipinski definition) is 2. The van der Waals surface area contributed by atoms with Crippen LogP contribution < -0.4 is 10.7 Å². The van der Waals surface area contributed by atoms with Gasteiger partial charge in [-0.05, 0) is 51.1 Å². The van der Waals surface area contributed by atoms with Crippen molar-refractivity contribution < 1.29 is 14.0 Å². The van der Waals surface area contributed by atoms with E-state index < -0.39 is 23.3 Å². The minimum absolute atomic E-state index is 0.269. The van der Waals surface area contributed by atoms with E-state index >= 15 is 0 Å². The summed E-state index contributed by atoms with van der Waals surface area (Å²) >= 11 is 6.08. The number of benzene rings is 2. The molecule has 132 valence electrons. The zero-order valence-electron chi connectivity index (χ0n) is 14.1. The number of carbonyl (C=O) groups is 2. The highest BCUT2D eigenvalue weighted by Crippen LogP contribution is 2.21. The quantitative estimate of drug-likeness (QED) is 0.774. The highest BCUT2D eigenvalue weighted by molar-refractivity contribution is 6.33. The Morgan fingerprint density at radius 3 is 2.36 bits per heavy atom. The Balaban J connectivity index is 2.20. The van der Waals surface area contributed by atoms with Crippen molar-refractivity contribution in [3.8, 4) is 0 Å². The van der Waals surface area contributed by atoms with Crippen LogP contribution in [0, 0.1) is 5.82 Å². The van der Waals surface area contributed by atoms with Gasteiger partial charge in [0, 0.05) is 5.69 Å². The molecule has 0 fully saturated rings. The molecular weight excluding hydrogens is 345 g/mol. The topological polar surface area (TPSA) is 61.4 Å². The molecule has 0 aliphatic heterocycles. The summed E-state index contributed by atoms with van der Waals surface area (Å²) in [7, 11) is 0. The second kappa shape index (κ2) is 7.53. The molecule has 0 saturated heterocycles. The number of urea groups is 1. The number of nitrogens with one attached hydrogen (secondary N) is 2. The third-order valence-corrected chi connectivity index (χ3v) is 3.60. The third kappa shape index (κ3) is 4.93. The van der Waals surface area contributed by atoms with Crippen LogP contribution in [-0.2, 0) is 0 Å². The highest BCUT2D eigenvalue weighted by atomic mass is 35.5. The van der Waals surface area contributed by atoms with Gasteiger partial charge in [0.1, 0.15) is 5.82 Å². The predicted molar refractivity (Wildman–Crippen MR) is 95.9 cm³/mol. The average molecular weight is 364 g/mol. The minimum atomic E-state index is -0.713. The lowest BCUT2D eigenvalue weighted by Gasteiger charge is -2.35. The van der Waals surface area contributed by atoms with Gasteiger partial charge in [-0.25, -0.2) is 19.6 Å². The Morgan fingerprint density at radius 1 is 1.08 bits per heavy atom. The smallest absolute Gasteiger partial charge is 0.306 e. The van der Waals surface area contributed by atoms with Crippen molar-refractivity contribution in [3.05, 3.63) is 64.9 Å². The van der Waals surface area contributed by atoms with E-state index in [2.05, 4.69) is 10.7 Å². The first-order valence-electron chi connectivity index (χ1n) is 7.61. The molecule has 25 heavy (non-hydrogen) atoms. The monoisotopic (exact) mass is 363 g/mol. The molecule has 0 aliphatic rings. The minimum Gasteiger partial charge on any atom is -0.306 e. The van der Waals surface area contributed by atoms with Crippen molar-refractivity contribution in [1.29, 1.82) is 0 Å². The summed E-state index contributed by atoms with van der Waals surface area (Å²) in [6.07, 6.45) is 0. The maximum absolute atomic E-state index is 13.2. The Hall–Kier alpha value is -2.60. The Labute approximate surface area is 150 Å². The molecule has 2 N–H and O–H groups in total. The normalized spacial score (nSPS) is 10.9. The van der Waals surface area contributed by atoms with E-state index in [0.717, 1.165) is 0 Å². The first-order chi connectivity index (χ1) is 11.7. The first kappa shape index (κ1) is 18.7. The van der Waals surface area contributed by atoms with Gasteiger partial charge in [-0.15, -0.1) is 0 Å². The lowest BCUT2D eigenvalue weighted by Crippen LogP contribution is -2.56. The molecule has 0 bridgehead atoms. The Bertz CT molecular complexity index is 790. The lowest BCUT2D eigenvalue weighted by molar-refractivity contribution is 0.0461. The van der Waals surface area contributed by atoms with Gasteiger partial charge in [0.2, 0.25) is 0 Å². The van der Waals surface area contributed by atoms with Crippen molar-refractivity contribution in [2.45, 2.75) is 26.3 Å². The number of amides is 3. The van der Waals surface area contributed by atoms with Crippen molar-refractivity contribution in [2.24, 2.45) is 0 Å². The maximum atomic E-state index is 13.2. The molecule has 0 unspecified atom stereocenters. The van der Waals surface area contributed by atoms with Gasteiger partial charge in [-0.2, -0.15) is 0 Å². The highest BCUT2D eigenvalue weighted by Gasteiger charge is 2.30. The number of hydrogen-bond acceptors (Lipinski definition) is 2. The van der Waals surface area contributed by atoms with Crippen molar-refractivity contribution in [2.75, 3.05) is 5.32 Å². The summed E-state index contributed by atoms with van der Waals surface area (Å²) in [5, 5.41) is 3.96. The fraction of sp³-hybridized carbons (Fsp3) is 0.222. The van der Waals surface area contributed by atoms with Gasteiger partial charge in [0.15, 0.2) is 0 Å². The molecule has 0 heterocycles. The maximum Gasteiger partial charge on any atom is 0.338 e. The number of hydrazine groups is 1. The van der Waals surface area contributed by atoms with Gasteiger partial charge in [0.25, 0.3) is 5.91 Å². The molecule has 0 radical (unpaired) electrons. The number of carbonyl (C=O) groups excluding carboxylic acids is 2. The van der Waals surface area contributed by atoms with Crippen molar-refractivity contribution in [1.82, 2.24) is 10.4 Å². The first-order valence-corrected chi connectivity index (χ1v) is 7.98. The Morgan fingerprint density at radius 2 is 1.76 bits per heavy atom. The molecular formula is C18H19ClFN3O2. The fourth-order valence-corrected chi connectivity index (χ4v) is 2.32. The van der Waals surface area contributed by atoms with Crippen LogP contribution in [0.25, 0.3) is 0 Å². The second-order valence-corrected chi connectivity index (χ2v) is 6.77. The molecule has 2 aromatic carbocycles. The molecule has 0 saturated carbocycles. The number of nitrogens with zero attached hydrogens (tertiary/aromatic N) is 1. The third-order valence-electron chi connectivity index (χ3n) is 3.27. The summed E-state index contributed by atoms with van der Waals surface area (Å²) in [6.45, 7) is 5.30. The molecule has 2 rings (SSSR count). The summed E-state index contributed by atoms with van der Waals surface area (Å²) in [5.41, 5.74) is 2.33. The van der Waals surface area contributed by atoms with Gasteiger partial charge in [0.05, 0.1) is 16.1 Å². The van der Waals surface area contributed by atoms with E-state index in [1.54, 1.807) is 51.1 Å². The number of halogens is 2. The number of anilines is 1.